The SMILES string of the molecule is COC(=O)c1cc(C=O)cc(S(=O)(=O)Cl)c1C. The summed E-state index contributed by atoms with van der Waals surface area (Å²) in [5.41, 5.74) is 0.184. The Morgan fingerprint density at radius 3 is 2.41 bits per heavy atom. The summed E-state index contributed by atoms with van der Waals surface area (Å²) in [5.74, 6) is -0.729. The monoisotopic (exact) mass is 276 g/mol. The molecule has 0 fully saturated rings. The highest BCUT2D eigenvalue weighted by molar-refractivity contribution is 8.13. The second-order valence-corrected chi connectivity index (χ2v) is 5.77. The molecule has 1 aromatic carbocycles. The predicted octanol–water partition coefficient (Wildman–Crippen LogP) is 1.52. The Kier molecular flexibility index (Phi) is 3.90. The number of ether oxygens (including phenoxy) is 1. The standard InChI is InChI=1S/C10H9ClO5S/c1-6-8(10(13)16-2)3-7(5-12)4-9(6)17(11,14)15/h3-5H,1-2H3. The predicted molar refractivity (Wildman–Crippen MR) is 60.9 cm³/mol. The zero-order valence-corrected chi connectivity index (χ0v) is 10.6. The first-order valence-corrected chi connectivity index (χ1v) is 6.75. The van der Waals surface area contributed by atoms with Crippen LogP contribution in [0.25, 0.3) is 0 Å². The maximum absolute atomic E-state index is 11.4. The van der Waals surface area contributed by atoms with E-state index < -0.39 is 15.0 Å². The quantitative estimate of drug-likeness (QED) is 0.475. The fraction of sp³-hybridized carbons (Fsp3) is 0.200. The van der Waals surface area contributed by atoms with Crippen LogP contribution in [0.1, 0.15) is 26.3 Å². The average Bonchev–Trinajstić information content (AvgIpc) is 2.26. The van der Waals surface area contributed by atoms with Gasteiger partial charge in [0.05, 0.1) is 17.6 Å². The fourth-order valence-corrected chi connectivity index (χ4v) is 2.59. The lowest BCUT2D eigenvalue weighted by atomic mass is 10.1. The van der Waals surface area contributed by atoms with Gasteiger partial charge in [-0.15, -0.1) is 0 Å². The Labute approximate surface area is 103 Å². The van der Waals surface area contributed by atoms with Crippen molar-refractivity contribution in [3.63, 3.8) is 0 Å². The Morgan fingerprint density at radius 2 is 2.00 bits per heavy atom. The van der Waals surface area contributed by atoms with Crippen LogP contribution in [0.4, 0.5) is 0 Å². The molecule has 1 rings (SSSR count). The van der Waals surface area contributed by atoms with Gasteiger partial charge in [-0.3, -0.25) is 4.79 Å². The molecule has 7 heteroatoms. The van der Waals surface area contributed by atoms with Crippen molar-refractivity contribution in [2.24, 2.45) is 0 Å². The zero-order chi connectivity index (χ0) is 13.2. The molecule has 0 spiro atoms. The first-order valence-electron chi connectivity index (χ1n) is 4.44. The lowest BCUT2D eigenvalue weighted by molar-refractivity contribution is 0.0599. The van der Waals surface area contributed by atoms with Gasteiger partial charge in [0.1, 0.15) is 6.29 Å². The van der Waals surface area contributed by atoms with Gasteiger partial charge in [0, 0.05) is 16.2 Å². The van der Waals surface area contributed by atoms with E-state index in [4.69, 9.17) is 10.7 Å². The van der Waals surface area contributed by atoms with Crippen molar-refractivity contribution in [2.45, 2.75) is 11.8 Å². The molecular formula is C10H9ClO5S. The summed E-state index contributed by atoms with van der Waals surface area (Å²) in [7, 11) is 2.35. The third kappa shape index (κ3) is 2.83. The topological polar surface area (TPSA) is 77.5 Å². The molecular weight excluding hydrogens is 268 g/mol. The zero-order valence-electron chi connectivity index (χ0n) is 9.06. The van der Waals surface area contributed by atoms with Gasteiger partial charge in [-0.05, 0) is 24.6 Å². The van der Waals surface area contributed by atoms with Crippen molar-refractivity contribution in [1.29, 1.82) is 0 Å². The van der Waals surface area contributed by atoms with Crippen molar-refractivity contribution < 1.29 is 22.7 Å². The molecule has 0 unspecified atom stereocenters. The molecule has 0 atom stereocenters. The molecule has 0 amide bonds. The van der Waals surface area contributed by atoms with Gasteiger partial charge in [-0.1, -0.05) is 0 Å². The van der Waals surface area contributed by atoms with Gasteiger partial charge < -0.3 is 4.74 Å². The van der Waals surface area contributed by atoms with E-state index in [-0.39, 0.29) is 21.6 Å². The molecule has 0 aliphatic carbocycles. The number of methoxy groups -OCH3 is 1. The third-order valence-corrected chi connectivity index (χ3v) is 3.63. The number of halogens is 1. The first-order chi connectivity index (χ1) is 7.81. The summed E-state index contributed by atoms with van der Waals surface area (Å²) >= 11 is 0. The van der Waals surface area contributed by atoms with E-state index in [1.54, 1.807) is 0 Å². The highest BCUT2D eigenvalue weighted by atomic mass is 35.7. The Bertz CT molecular complexity index is 577. The summed E-state index contributed by atoms with van der Waals surface area (Å²) in [6, 6.07) is 2.36. The maximum atomic E-state index is 11.4. The summed E-state index contributed by atoms with van der Waals surface area (Å²) in [6.07, 6.45) is 0.428. The van der Waals surface area contributed by atoms with Crippen molar-refractivity contribution in [1.82, 2.24) is 0 Å². The van der Waals surface area contributed by atoms with E-state index in [1.807, 2.05) is 0 Å². The number of carbonyl (C=O) groups is 2. The average molecular weight is 277 g/mol. The lowest BCUT2D eigenvalue weighted by Gasteiger charge is -2.08. The Hall–Kier alpha value is -1.40. The van der Waals surface area contributed by atoms with Crippen LogP contribution < -0.4 is 0 Å². The Morgan fingerprint density at radius 1 is 1.41 bits per heavy atom. The second kappa shape index (κ2) is 4.85. The van der Waals surface area contributed by atoms with Gasteiger partial charge in [0.25, 0.3) is 9.05 Å². The summed E-state index contributed by atoms with van der Waals surface area (Å²) in [6.45, 7) is 1.41. The molecule has 0 aromatic heterocycles. The van der Waals surface area contributed by atoms with E-state index in [9.17, 15) is 18.0 Å². The second-order valence-electron chi connectivity index (χ2n) is 3.24. The minimum absolute atomic E-state index is 0.00340. The number of aldehydes is 1. The number of esters is 1. The number of rotatable bonds is 3. The van der Waals surface area contributed by atoms with Gasteiger partial charge in [-0.25, -0.2) is 13.2 Å². The van der Waals surface area contributed by atoms with E-state index >= 15 is 0 Å². The van der Waals surface area contributed by atoms with Crippen LogP contribution in [0, 0.1) is 6.92 Å². The number of carbonyl (C=O) groups excluding carboxylic acids is 2. The molecule has 92 valence electrons. The Balaban J connectivity index is 3.64. The van der Waals surface area contributed by atoms with Crippen LogP contribution in [0.3, 0.4) is 0 Å². The largest absolute Gasteiger partial charge is 0.465 e. The number of hydrogen-bond donors (Lipinski definition) is 0. The summed E-state index contributed by atoms with van der Waals surface area (Å²) in [4.78, 5) is 21.8. The molecule has 17 heavy (non-hydrogen) atoms. The van der Waals surface area contributed by atoms with Gasteiger partial charge in [0.2, 0.25) is 0 Å². The molecule has 0 radical (unpaired) electrons. The van der Waals surface area contributed by atoms with Crippen LogP contribution in [0.5, 0.6) is 0 Å². The van der Waals surface area contributed by atoms with Crippen molar-refractivity contribution in [3.05, 3.63) is 28.8 Å². The number of benzene rings is 1. The maximum Gasteiger partial charge on any atom is 0.338 e. The molecule has 0 bridgehead atoms. The van der Waals surface area contributed by atoms with Crippen LogP contribution in [0.15, 0.2) is 17.0 Å². The molecule has 0 saturated heterocycles. The lowest BCUT2D eigenvalue weighted by Crippen LogP contribution is -2.08. The normalized spacial score (nSPS) is 11.0. The molecule has 0 aliphatic rings. The van der Waals surface area contributed by atoms with E-state index in [1.165, 1.54) is 13.0 Å². The van der Waals surface area contributed by atoms with Gasteiger partial charge >= 0.3 is 5.97 Å². The molecule has 0 saturated carbocycles. The summed E-state index contributed by atoms with van der Waals surface area (Å²) in [5, 5.41) is 0. The van der Waals surface area contributed by atoms with Crippen molar-refractivity contribution in [2.75, 3.05) is 7.11 Å². The highest BCUT2D eigenvalue weighted by Crippen LogP contribution is 2.24. The van der Waals surface area contributed by atoms with Crippen LogP contribution >= 0.6 is 10.7 Å². The minimum Gasteiger partial charge on any atom is -0.465 e. The van der Waals surface area contributed by atoms with Crippen molar-refractivity contribution in [3.8, 4) is 0 Å². The fourth-order valence-electron chi connectivity index (χ4n) is 1.35. The smallest absolute Gasteiger partial charge is 0.338 e. The van der Waals surface area contributed by atoms with E-state index in [0.29, 0.717) is 6.29 Å². The van der Waals surface area contributed by atoms with Gasteiger partial charge in [-0.2, -0.15) is 0 Å². The van der Waals surface area contributed by atoms with Crippen LogP contribution in [-0.4, -0.2) is 27.8 Å². The molecule has 0 heterocycles. The minimum atomic E-state index is -4.02. The van der Waals surface area contributed by atoms with E-state index in [2.05, 4.69) is 4.74 Å². The van der Waals surface area contributed by atoms with Crippen LogP contribution in [-0.2, 0) is 13.8 Å². The molecule has 0 N–H and O–H groups in total. The summed E-state index contributed by atoms with van der Waals surface area (Å²) < 4.78 is 27.1. The highest BCUT2D eigenvalue weighted by Gasteiger charge is 2.21. The molecule has 0 aliphatic heterocycles. The van der Waals surface area contributed by atoms with Crippen LogP contribution in [0.2, 0.25) is 0 Å². The molecule has 1 aromatic rings. The third-order valence-electron chi connectivity index (χ3n) is 2.19. The van der Waals surface area contributed by atoms with E-state index in [0.717, 1.165) is 13.2 Å². The van der Waals surface area contributed by atoms with Crippen molar-refractivity contribution >= 4 is 32.0 Å². The molecule has 5 nitrogen and oxygen atoms in total. The van der Waals surface area contributed by atoms with Gasteiger partial charge in [0.15, 0.2) is 0 Å². The first kappa shape index (κ1) is 13.7. The number of hydrogen-bond acceptors (Lipinski definition) is 5.